The van der Waals surface area contributed by atoms with Crippen LogP contribution in [-0.2, 0) is 10.7 Å². The Bertz CT molecular complexity index is 1610. The summed E-state index contributed by atoms with van der Waals surface area (Å²) in [6.45, 7) is 0. The highest BCUT2D eigenvalue weighted by molar-refractivity contribution is 7.98. The number of nitrogens with one attached hydrogen (secondary N) is 2. The van der Waals surface area contributed by atoms with Gasteiger partial charge < -0.3 is 11.5 Å². The van der Waals surface area contributed by atoms with Gasteiger partial charge in [-0.25, -0.2) is 0 Å². The molecule has 38 heavy (non-hydrogen) atoms. The van der Waals surface area contributed by atoms with Gasteiger partial charge >= 0.3 is 5.92 Å². The Labute approximate surface area is 230 Å². The van der Waals surface area contributed by atoms with Gasteiger partial charge in [-0.15, -0.1) is 11.8 Å². The molecule has 0 unspecified atom stereocenters. The molecule has 1 aromatic heterocycles. The van der Waals surface area contributed by atoms with Crippen molar-refractivity contribution in [3.05, 3.63) is 88.2 Å². The van der Waals surface area contributed by atoms with Crippen molar-refractivity contribution >= 4 is 57.9 Å². The molecule has 5 rings (SSSR count). The number of anilines is 2. The summed E-state index contributed by atoms with van der Waals surface area (Å²) in [6, 6.07) is 18.4. The van der Waals surface area contributed by atoms with Crippen LogP contribution in [0.5, 0.6) is 0 Å². The Morgan fingerprint density at radius 2 is 1.87 bits per heavy atom. The molecule has 7 nitrogen and oxygen atoms in total. The molecule has 1 aliphatic rings. The number of carbonyl (C=O) groups excluding carboxylic acids is 1. The summed E-state index contributed by atoms with van der Waals surface area (Å²) in [5, 5.41) is 8.61. The van der Waals surface area contributed by atoms with Crippen LogP contribution in [-0.4, -0.2) is 22.4 Å². The summed E-state index contributed by atoms with van der Waals surface area (Å²) in [6.07, 6.45) is 3.29. The fraction of sp³-hybridized carbons (Fsp3) is 0.0769. The number of carbonyl (C=O) groups is 1. The lowest BCUT2D eigenvalue weighted by molar-refractivity contribution is -0.143. The summed E-state index contributed by atoms with van der Waals surface area (Å²) in [7, 11) is 0. The molecule has 0 bridgehead atoms. The van der Waals surface area contributed by atoms with Crippen molar-refractivity contribution in [3.8, 4) is 22.4 Å². The van der Waals surface area contributed by atoms with E-state index >= 15 is 0 Å². The van der Waals surface area contributed by atoms with E-state index in [1.807, 2.05) is 36.6 Å². The quantitative estimate of drug-likeness (QED) is 0.197. The number of rotatable bonds is 6. The minimum atomic E-state index is -4.04. The Hall–Kier alpha value is -3.73. The fourth-order valence-electron chi connectivity index (χ4n) is 4.24. The Morgan fingerprint density at radius 3 is 2.55 bits per heavy atom. The van der Waals surface area contributed by atoms with Crippen LogP contribution < -0.4 is 21.9 Å². The van der Waals surface area contributed by atoms with E-state index in [1.165, 1.54) is 11.2 Å². The highest BCUT2D eigenvalue weighted by Crippen LogP contribution is 2.48. The van der Waals surface area contributed by atoms with Crippen molar-refractivity contribution in [3.63, 3.8) is 0 Å². The number of benzene rings is 3. The molecule has 0 saturated heterocycles. The molecule has 1 amide bonds. The number of halogens is 4. The normalized spacial score (nSPS) is 13.1. The number of alkyl halides is 2. The van der Waals surface area contributed by atoms with Crippen molar-refractivity contribution in [2.75, 3.05) is 16.7 Å². The van der Waals surface area contributed by atoms with Gasteiger partial charge in [0.25, 0.3) is 5.91 Å². The first-order valence-electron chi connectivity index (χ1n) is 11.1. The maximum Gasteiger partial charge on any atom is 0.369 e. The molecular weight excluding hydrogens is 553 g/mol. The number of primary amides is 1. The van der Waals surface area contributed by atoms with Crippen LogP contribution in [0.3, 0.4) is 0 Å². The number of hydrogen-bond acceptors (Lipinski definition) is 6. The van der Waals surface area contributed by atoms with Gasteiger partial charge in [0.2, 0.25) is 0 Å². The van der Waals surface area contributed by atoms with Gasteiger partial charge in [-0.2, -0.15) is 13.9 Å². The monoisotopic (exact) mass is 572 g/mol. The van der Waals surface area contributed by atoms with Gasteiger partial charge in [0, 0.05) is 27.2 Å². The third kappa shape index (κ3) is 4.34. The van der Waals surface area contributed by atoms with Crippen LogP contribution in [0.4, 0.5) is 20.2 Å². The number of aromatic nitrogens is 2. The van der Waals surface area contributed by atoms with E-state index in [1.54, 1.807) is 36.0 Å². The van der Waals surface area contributed by atoms with Crippen LogP contribution in [0, 0.1) is 0 Å². The van der Waals surface area contributed by atoms with Gasteiger partial charge in [-0.3, -0.25) is 20.3 Å². The second-order valence-electron chi connectivity index (χ2n) is 8.35. The van der Waals surface area contributed by atoms with E-state index < -0.39 is 17.5 Å². The van der Waals surface area contributed by atoms with Gasteiger partial charge in [0.05, 0.1) is 22.1 Å². The first-order valence-corrected chi connectivity index (χ1v) is 13.1. The molecule has 2 heterocycles. The largest absolute Gasteiger partial charge is 0.403 e. The second-order valence-corrected chi connectivity index (χ2v) is 10.1. The molecule has 4 aromatic rings. The molecule has 0 radical (unpaired) electrons. The highest BCUT2D eigenvalue weighted by Gasteiger charge is 2.46. The molecule has 12 heteroatoms. The average Bonchev–Trinajstić information content (AvgIpc) is 3.35. The van der Waals surface area contributed by atoms with Crippen LogP contribution in [0.2, 0.25) is 10.0 Å². The smallest absolute Gasteiger partial charge is 0.369 e. The maximum atomic E-state index is 14.8. The molecule has 3 aromatic carbocycles. The zero-order valence-corrected chi connectivity index (χ0v) is 22.1. The zero-order chi connectivity index (χ0) is 27.2. The molecule has 0 atom stereocenters. The van der Waals surface area contributed by atoms with E-state index in [0.717, 1.165) is 16.0 Å². The summed E-state index contributed by atoms with van der Waals surface area (Å²) in [4.78, 5) is 12.7. The Morgan fingerprint density at radius 1 is 1.11 bits per heavy atom. The van der Waals surface area contributed by atoms with E-state index in [2.05, 4.69) is 21.7 Å². The van der Waals surface area contributed by atoms with Crippen molar-refractivity contribution in [1.29, 1.82) is 0 Å². The molecular formula is C26H20Cl2F2N6OS. The number of nitrogens with two attached hydrogens (primary N) is 2. The first kappa shape index (κ1) is 25.9. The van der Waals surface area contributed by atoms with Gasteiger partial charge in [0.15, 0.2) is 5.69 Å². The van der Waals surface area contributed by atoms with Crippen LogP contribution >= 0.6 is 35.0 Å². The van der Waals surface area contributed by atoms with Crippen LogP contribution in [0.1, 0.15) is 11.3 Å². The first-order chi connectivity index (χ1) is 18.1. The number of hydrogen-bond donors (Lipinski definition) is 4. The number of thioether (sulfide) groups is 1. The standard InChI is InChI=1S/C26H20Cl2F2N6OS/c1-38-16-4-2-3-13(9-16)14-5-7-18-20(10-14)36(21(12-31)17-8-6-15(27)11-19(17)28)35-23-22(18)33-34-24(23)26(29,30)25(32)37/h2-12,35H,31H2,1H3,(H2,32,37)(H,33,34)/b21-12-. The van der Waals surface area contributed by atoms with E-state index in [4.69, 9.17) is 34.7 Å². The average molecular weight is 573 g/mol. The van der Waals surface area contributed by atoms with Crippen LogP contribution in [0.15, 0.2) is 71.8 Å². The molecule has 0 fully saturated rings. The lowest BCUT2D eigenvalue weighted by Gasteiger charge is -2.35. The van der Waals surface area contributed by atoms with E-state index in [0.29, 0.717) is 32.6 Å². The number of amides is 1. The van der Waals surface area contributed by atoms with Crippen molar-refractivity contribution in [2.24, 2.45) is 11.5 Å². The topological polar surface area (TPSA) is 113 Å². The fourth-order valence-corrected chi connectivity index (χ4v) is 5.21. The van der Waals surface area contributed by atoms with Crippen LogP contribution in [0.25, 0.3) is 28.1 Å². The Kier molecular flexibility index (Phi) is 6.72. The number of H-pyrrole nitrogens is 1. The molecule has 0 saturated carbocycles. The lowest BCUT2D eigenvalue weighted by Crippen LogP contribution is -2.37. The number of hydrazine groups is 1. The molecule has 0 aliphatic carbocycles. The summed E-state index contributed by atoms with van der Waals surface area (Å²) in [5.41, 5.74) is 17.1. The maximum absolute atomic E-state index is 14.8. The predicted molar refractivity (Wildman–Crippen MR) is 149 cm³/mol. The van der Waals surface area contributed by atoms with E-state index in [9.17, 15) is 13.6 Å². The minimum Gasteiger partial charge on any atom is -0.403 e. The van der Waals surface area contributed by atoms with Crippen molar-refractivity contribution in [1.82, 2.24) is 10.2 Å². The van der Waals surface area contributed by atoms with Crippen molar-refractivity contribution in [2.45, 2.75) is 10.8 Å². The van der Waals surface area contributed by atoms with E-state index in [-0.39, 0.29) is 11.4 Å². The molecule has 0 spiro atoms. The van der Waals surface area contributed by atoms with Gasteiger partial charge in [-0.1, -0.05) is 41.4 Å². The minimum absolute atomic E-state index is 0.122. The third-order valence-corrected chi connectivity index (χ3v) is 7.39. The zero-order valence-electron chi connectivity index (χ0n) is 19.7. The van der Waals surface area contributed by atoms with Gasteiger partial charge in [0.1, 0.15) is 5.69 Å². The molecule has 194 valence electrons. The summed E-state index contributed by atoms with van der Waals surface area (Å²) >= 11 is 14.2. The summed E-state index contributed by atoms with van der Waals surface area (Å²) in [5.74, 6) is -5.87. The molecule has 1 aliphatic heterocycles. The van der Waals surface area contributed by atoms with Gasteiger partial charge in [-0.05, 0) is 59.8 Å². The third-order valence-electron chi connectivity index (χ3n) is 6.11. The van der Waals surface area contributed by atoms with Crippen molar-refractivity contribution < 1.29 is 13.6 Å². The SMILES string of the molecule is CSc1cccc(-c2ccc3c(c2)N(/C(=C\N)c2ccc(Cl)cc2Cl)Nc2c(C(F)(F)C(N)=O)n[nH]c2-3)c1. The second kappa shape index (κ2) is 9.86. The Balaban J connectivity index is 1.73. The molecule has 6 N–H and O–H groups in total. The lowest BCUT2D eigenvalue weighted by atomic mass is 9.97. The number of nitrogens with zero attached hydrogens (tertiary/aromatic N) is 2. The number of fused-ring (bicyclic) bond motifs is 3. The summed E-state index contributed by atoms with van der Waals surface area (Å²) < 4.78 is 29.6. The highest BCUT2D eigenvalue weighted by atomic mass is 35.5. The number of aromatic amines is 1. The predicted octanol–water partition coefficient (Wildman–Crippen LogP) is 6.45.